The van der Waals surface area contributed by atoms with Crippen LogP contribution in [0.3, 0.4) is 0 Å². The van der Waals surface area contributed by atoms with E-state index in [2.05, 4.69) is 10.5 Å². The highest BCUT2D eigenvalue weighted by Crippen LogP contribution is 2.35. The molecule has 0 aliphatic rings. The van der Waals surface area contributed by atoms with Crippen LogP contribution in [0.1, 0.15) is 23.6 Å². The number of nitro benzene ring substituents is 1. The van der Waals surface area contributed by atoms with Crippen molar-refractivity contribution in [2.24, 2.45) is 5.10 Å². The Balaban J connectivity index is 2.32. The number of anilines is 1. The maximum absolute atomic E-state index is 12.8. The third-order valence-corrected chi connectivity index (χ3v) is 3.86. The van der Waals surface area contributed by atoms with Crippen molar-refractivity contribution >= 4 is 17.1 Å². The zero-order valence-corrected chi connectivity index (χ0v) is 15.3. The number of nitrogens with zero attached hydrogens (tertiary/aromatic N) is 2. The van der Waals surface area contributed by atoms with E-state index in [1.165, 1.54) is 7.11 Å². The van der Waals surface area contributed by atoms with Crippen LogP contribution in [0.25, 0.3) is 0 Å². The quantitative estimate of drug-likeness (QED) is 0.419. The largest absolute Gasteiger partial charge is 0.496 e. The molecule has 0 unspecified atom stereocenters. The van der Waals surface area contributed by atoms with Gasteiger partial charge in [0.25, 0.3) is 5.69 Å². The Morgan fingerprint density at radius 1 is 1.21 bits per heavy atom. The van der Waals surface area contributed by atoms with Crippen molar-refractivity contribution in [3.63, 3.8) is 0 Å². The molecule has 10 heteroatoms. The fourth-order valence-electron chi connectivity index (χ4n) is 2.43. The van der Waals surface area contributed by atoms with Crippen molar-refractivity contribution in [3.05, 3.63) is 63.2 Å². The molecule has 0 saturated carbocycles. The zero-order chi connectivity index (χ0) is 20.9. The predicted octanol–water partition coefficient (Wildman–Crippen LogP) is 4.60. The average Bonchev–Trinajstić information content (AvgIpc) is 2.65. The normalized spacial score (nSPS) is 12.0. The summed E-state index contributed by atoms with van der Waals surface area (Å²) in [6.45, 7) is 1.96. The Bertz CT molecular complexity index is 898. The summed E-state index contributed by atoms with van der Waals surface area (Å²) in [6, 6.07) is 7.44. The topological polar surface area (TPSA) is 86.0 Å². The molecular weight excluding hydrogens is 379 g/mol. The maximum atomic E-state index is 12.8. The number of halogens is 3. The molecule has 0 saturated heterocycles. The van der Waals surface area contributed by atoms with Gasteiger partial charge in [-0.1, -0.05) is 0 Å². The minimum atomic E-state index is -4.68. The number of alkyl halides is 3. The summed E-state index contributed by atoms with van der Waals surface area (Å²) in [6.07, 6.45) is -4.68. The number of methoxy groups -OCH3 is 2. The predicted molar refractivity (Wildman–Crippen MR) is 97.6 cm³/mol. The Morgan fingerprint density at radius 2 is 1.93 bits per heavy atom. The van der Waals surface area contributed by atoms with Gasteiger partial charge >= 0.3 is 6.18 Å². The molecule has 0 aliphatic heterocycles. The van der Waals surface area contributed by atoms with Gasteiger partial charge in [-0.15, -0.1) is 0 Å². The Morgan fingerprint density at radius 3 is 2.50 bits per heavy atom. The third kappa shape index (κ3) is 4.97. The lowest BCUT2D eigenvalue weighted by Gasteiger charge is -2.11. The van der Waals surface area contributed by atoms with E-state index in [1.54, 1.807) is 32.2 Å². The van der Waals surface area contributed by atoms with Gasteiger partial charge in [-0.25, -0.2) is 0 Å². The third-order valence-electron chi connectivity index (χ3n) is 3.86. The van der Waals surface area contributed by atoms with Crippen LogP contribution in [0.5, 0.6) is 5.75 Å². The fraction of sp³-hybridized carbons (Fsp3) is 0.278. The van der Waals surface area contributed by atoms with E-state index in [0.29, 0.717) is 29.7 Å². The summed E-state index contributed by atoms with van der Waals surface area (Å²) in [5, 5.41) is 15.2. The molecule has 2 aromatic rings. The van der Waals surface area contributed by atoms with Gasteiger partial charge in [0.05, 0.1) is 29.9 Å². The van der Waals surface area contributed by atoms with Gasteiger partial charge in [0.2, 0.25) is 0 Å². The monoisotopic (exact) mass is 397 g/mol. The van der Waals surface area contributed by atoms with Gasteiger partial charge in [-0.2, -0.15) is 18.3 Å². The van der Waals surface area contributed by atoms with Crippen LogP contribution in [0.4, 0.5) is 24.5 Å². The second-order valence-corrected chi connectivity index (χ2v) is 5.76. The van der Waals surface area contributed by atoms with Crippen molar-refractivity contribution in [3.8, 4) is 5.75 Å². The highest BCUT2D eigenvalue weighted by molar-refractivity contribution is 5.99. The van der Waals surface area contributed by atoms with E-state index in [9.17, 15) is 23.3 Å². The van der Waals surface area contributed by atoms with Gasteiger partial charge in [-0.05, 0) is 42.8 Å². The number of hydrogen-bond acceptors (Lipinski definition) is 6. The van der Waals surface area contributed by atoms with Gasteiger partial charge in [0.1, 0.15) is 11.4 Å². The number of nitro groups is 1. The van der Waals surface area contributed by atoms with Crippen LogP contribution in [-0.2, 0) is 17.5 Å². The van der Waals surface area contributed by atoms with E-state index in [-0.39, 0.29) is 5.69 Å². The van der Waals surface area contributed by atoms with Crippen molar-refractivity contribution < 1.29 is 27.6 Å². The molecule has 0 amide bonds. The molecule has 0 atom stereocenters. The molecule has 0 fully saturated rings. The van der Waals surface area contributed by atoms with Crippen LogP contribution in [-0.4, -0.2) is 24.9 Å². The molecule has 2 aromatic carbocycles. The summed E-state index contributed by atoms with van der Waals surface area (Å²) in [5.74, 6) is 0.629. The number of hydrogen-bond donors (Lipinski definition) is 1. The van der Waals surface area contributed by atoms with Crippen LogP contribution < -0.4 is 10.2 Å². The minimum Gasteiger partial charge on any atom is -0.496 e. The van der Waals surface area contributed by atoms with Crippen LogP contribution in [0, 0.1) is 10.1 Å². The number of rotatable bonds is 7. The highest BCUT2D eigenvalue weighted by Gasteiger charge is 2.33. The molecule has 0 bridgehead atoms. The molecule has 1 N–H and O–H groups in total. The lowest BCUT2D eigenvalue weighted by atomic mass is 10.1. The van der Waals surface area contributed by atoms with E-state index in [4.69, 9.17) is 9.47 Å². The number of benzene rings is 2. The van der Waals surface area contributed by atoms with Gasteiger partial charge in [-0.3, -0.25) is 15.5 Å². The van der Waals surface area contributed by atoms with Gasteiger partial charge < -0.3 is 9.47 Å². The molecule has 0 aliphatic carbocycles. The first-order chi connectivity index (χ1) is 13.2. The summed E-state index contributed by atoms with van der Waals surface area (Å²) < 4.78 is 48.7. The van der Waals surface area contributed by atoms with E-state index in [1.807, 2.05) is 0 Å². The van der Waals surface area contributed by atoms with Gasteiger partial charge in [0, 0.05) is 18.7 Å². The van der Waals surface area contributed by atoms with E-state index >= 15 is 0 Å². The number of hydrazone groups is 1. The summed E-state index contributed by atoms with van der Waals surface area (Å²) >= 11 is 0. The highest BCUT2D eigenvalue weighted by atomic mass is 19.4. The van der Waals surface area contributed by atoms with Crippen molar-refractivity contribution in [1.29, 1.82) is 0 Å². The van der Waals surface area contributed by atoms with E-state index < -0.39 is 22.4 Å². The molecule has 0 aromatic heterocycles. The van der Waals surface area contributed by atoms with E-state index in [0.717, 1.165) is 17.7 Å². The fourth-order valence-corrected chi connectivity index (χ4v) is 2.43. The maximum Gasteiger partial charge on any atom is 0.416 e. The van der Waals surface area contributed by atoms with Crippen LogP contribution >= 0.6 is 0 Å². The Labute approximate surface area is 158 Å². The first kappa shape index (κ1) is 21.2. The molecular formula is C18H18F3N3O4. The Kier molecular flexibility index (Phi) is 6.57. The standard InChI is InChI=1S/C18H18F3N3O4/c1-11(12-4-7-17(28-3)13(8-12)10-27-2)22-23-15-6-5-14(18(19,20)21)9-16(15)24(25)26/h4-9,23H,10H2,1-3H3/b22-11-. The summed E-state index contributed by atoms with van der Waals surface area (Å²) in [7, 11) is 3.07. The number of ether oxygens (including phenoxy) is 2. The number of nitrogens with one attached hydrogen (secondary N) is 1. The molecule has 0 spiro atoms. The molecule has 28 heavy (non-hydrogen) atoms. The Hall–Kier alpha value is -3.14. The van der Waals surface area contributed by atoms with Crippen molar-refractivity contribution in [2.45, 2.75) is 19.7 Å². The van der Waals surface area contributed by atoms with Crippen LogP contribution in [0.15, 0.2) is 41.5 Å². The van der Waals surface area contributed by atoms with Crippen molar-refractivity contribution in [1.82, 2.24) is 0 Å². The summed E-state index contributed by atoms with van der Waals surface area (Å²) in [4.78, 5) is 10.2. The smallest absolute Gasteiger partial charge is 0.416 e. The molecule has 7 nitrogen and oxygen atoms in total. The zero-order valence-electron chi connectivity index (χ0n) is 15.3. The lowest BCUT2D eigenvalue weighted by molar-refractivity contribution is -0.384. The van der Waals surface area contributed by atoms with Crippen molar-refractivity contribution in [2.75, 3.05) is 19.6 Å². The molecule has 0 radical (unpaired) electrons. The molecule has 2 rings (SSSR count). The first-order valence-corrected chi connectivity index (χ1v) is 7.99. The first-order valence-electron chi connectivity index (χ1n) is 7.99. The van der Waals surface area contributed by atoms with Crippen LogP contribution in [0.2, 0.25) is 0 Å². The molecule has 0 heterocycles. The minimum absolute atomic E-state index is 0.150. The second-order valence-electron chi connectivity index (χ2n) is 5.76. The summed E-state index contributed by atoms with van der Waals surface area (Å²) in [5.41, 5.74) is 2.42. The molecule has 150 valence electrons. The lowest BCUT2D eigenvalue weighted by Crippen LogP contribution is -2.07. The average molecular weight is 397 g/mol. The van der Waals surface area contributed by atoms with Gasteiger partial charge in [0.15, 0.2) is 0 Å². The second kappa shape index (κ2) is 8.70. The SMILES string of the molecule is COCc1cc(/C(C)=N\Nc2ccc(C(F)(F)F)cc2[N+](=O)[O-])ccc1OC.